The minimum Gasteiger partial charge on any atom is -0.243 e. The second-order valence-electron chi connectivity index (χ2n) is 11.3. The summed E-state index contributed by atoms with van der Waals surface area (Å²) in [7, 11) is -2.39. The molecule has 0 saturated carbocycles. The lowest BCUT2D eigenvalue weighted by Crippen LogP contribution is -2.29. The van der Waals surface area contributed by atoms with Crippen molar-refractivity contribution in [2.45, 2.75) is 20.0 Å². The SMILES string of the molecule is [C-]#[N+]/C(C)=C\c1ccc(C#CC2=C(c3ccccc3)C(c3ccccc3)=C(C#Cc3ccc(/C=C(\C#N)[N+]#[C-])cc3)[Si]2(C)C)cc1. The van der Waals surface area contributed by atoms with Gasteiger partial charge >= 0.3 is 0 Å². The van der Waals surface area contributed by atoms with Gasteiger partial charge in [-0.25, -0.2) is 15.0 Å². The quantitative estimate of drug-likeness (QED) is 0.0989. The molecule has 1 aliphatic rings. The number of allylic oxidation sites excluding steroid dienone is 6. The lowest BCUT2D eigenvalue weighted by molar-refractivity contribution is 1.50. The highest BCUT2D eigenvalue weighted by molar-refractivity contribution is 6.96. The predicted octanol–water partition coefficient (Wildman–Crippen LogP) is 9.86. The van der Waals surface area contributed by atoms with E-state index in [1.165, 1.54) is 0 Å². The topological polar surface area (TPSA) is 32.5 Å². The first-order valence-electron chi connectivity index (χ1n) is 14.7. The Labute approximate surface area is 272 Å². The minimum atomic E-state index is -2.39. The molecule has 0 atom stereocenters. The zero-order valence-electron chi connectivity index (χ0n) is 25.9. The first kappa shape index (κ1) is 31.1. The van der Waals surface area contributed by atoms with Gasteiger partial charge in [0, 0.05) is 21.5 Å². The molecule has 0 saturated heterocycles. The Morgan fingerprint density at radius 3 is 1.43 bits per heavy atom. The van der Waals surface area contributed by atoms with Crippen LogP contribution in [-0.2, 0) is 0 Å². The first-order valence-corrected chi connectivity index (χ1v) is 17.7. The van der Waals surface area contributed by atoms with Crippen LogP contribution in [-0.4, -0.2) is 8.07 Å². The summed E-state index contributed by atoms with van der Waals surface area (Å²) in [5, 5.41) is 11.4. The second kappa shape index (κ2) is 14.0. The van der Waals surface area contributed by atoms with Crippen LogP contribution in [0, 0.1) is 48.2 Å². The van der Waals surface area contributed by atoms with E-state index in [0.717, 1.165) is 54.9 Å². The molecule has 216 valence electrons. The third-order valence-corrected chi connectivity index (χ3v) is 11.0. The summed E-state index contributed by atoms with van der Waals surface area (Å²) in [5.74, 6) is 14.1. The van der Waals surface area contributed by atoms with Crippen LogP contribution in [0.15, 0.2) is 131 Å². The Kier molecular flexibility index (Phi) is 9.43. The van der Waals surface area contributed by atoms with Gasteiger partial charge in [0.2, 0.25) is 0 Å². The molecule has 3 nitrogen and oxygen atoms in total. The minimum absolute atomic E-state index is 0.0475. The lowest BCUT2D eigenvalue weighted by atomic mass is 9.91. The molecule has 1 aliphatic heterocycles. The Morgan fingerprint density at radius 1 is 0.609 bits per heavy atom. The molecule has 0 amide bonds. The van der Waals surface area contributed by atoms with Gasteiger partial charge in [0.1, 0.15) is 8.07 Å². The Bertz CT molecular complexity index is 2150. The predicted molar refractivity (Wildman–Crippen MR) is 191 cm³/mol. The number of hydrogen-bond acceptors (Lipinski definition) is 1. The van der Waals surface area contributed by atoms with Crippen molar-refractivity contribution in [1.29, 1.82) is 5.26 Å². The van der Waals surface area contributed by atoms with Gasteiger partial charge in [-0.2, -0.15) is 0 Å². The second-order valence-corrected chi connectivity index (χ2v) is 15.5. The van der Waals surface area contributed by atoms with Crippen LogP contribution in [0.3, 0.4) is 0 Å². The van der Waals surface area contributed by atoms with Crippen LogP contribution < -0.4 is 0 Å². The summed E-state index contributed by atoms with van der Waals surface area (Å²) in [6.45, 7) is 20.8. The van der Waals surface area contributed by atoms with Crippen molar-refractivity contribution in [3.63, 3.8) is 0 Å². The van der Waals surface area contributed by atoms with Gasteiger partial charge in [-0.15, -0.1) is 0 Å². The Morgan fingerprint density at radius 2 is 1.04 bits per heavy atom. The summed E-state index contributed by atoms with van der Waals surface area (Å²) in [5.41, 5.74) is 8.71. The largest absolute Gasteiger partial charge is 0.262 e. The summed E-state index contributed by atoms with van der Waals surface area (Å²) in [6, 6.07) is 38.4. The molecular formula is C42H29N3Si. The maximum absolute atomic E-state index is 9.11. The average Bonchev–Trinajstić information content (AvgIpc) is 3.32. The first-order chi connectivity index (χ1) is 22.3. The molecule has 1 heterocycles. The number of benzene rings is 4. The molecule has 0 fully saturated rings. The summed E-state index contributed by atoms with van der Waals surface area (Å²) in [4.78, 5) is 6.73. The zero-order chi connectivity index (χ0) is 32.5. The number of hydrogen-bond donors (Lipinski definition) is 0. The van der Waals surface area contributed by atoms with Crippen LogP contribution in [0.1, 0.15) is 40.3 Å². The van der Waals surface area contributed by atoms with Crippen molar-refractivity contribution in [2.75, 3.05) is 0 Å². The molecule has 0 aliphatic carbocycles. The fraction of sp³-hybridized carbons (Fsp3) is 0.0714. The van der Waals surface area contributed by atoms with E-state index in [4.69, 9.17) is 18.4 Å². The van der Waals surface area contributed by atoms with E-state index in [1.807, 2.05) is 72.8 Å². The zero-order valence-corrected chi connectivity index (χ0v) is 26.9. The number of rotatable bonds is 4. The van der Waals surface area contributed by atoms with Crippen LogP contribution >= 0.6 is 0 Å². The van der Waals surface area contributed by atoms with E-state index in [2.05, 4.69) is 95.0 Å². The van der Waals surface area contributed by atoms with Crippen molar-refractivity contribution in [2.24, 2.45) is 0 Å². The number of nitriles is 1. The molecule has 4 aromatic carbocycles. The van der Waals surface area contributed by atoms with Crippen LogP contribution in [0.25, 0.3) is 33.0 Å². The van der Waals surface area contributed by atoms with Crippen LogP contribution in [0.5, 0.6) is 0 Å². The third-order valence-electron chi connectivity index (χ3n) is 7.70. The van der Waals surface area contributed by atoms with Crippen molar-refractivity contribution in [3.8, 4) is 29.8 Å². The van der Waals surface area contributed by atoms with E-state index in [0.29, 0.717) is 5.70 Å². The molecule has 0 N–H and O–H groups in total. The van der Waals surface area contributed by atoms with Crippen LogP contribution in [0.2, 0.25) is 13.1 Å². The smallest absolute Gasteiger partial charge is 0.243 e. The van der Waals surface area contributed by atoms with Gasteiger partial charge < -0.3 is 0 Å². The van der Waals surface area contributed by atoms with Crippen molar-refractivity contribution >= 4 is 31.4 Å². The standard InChI is InChI=1S/C42H29N3Si/c1-31(44-2)28-34-20-16-32(17-21-34)24-26-39-41(36-12-8-6-9-13-36)42(37-14-10-7-11-15-37)40(46(39,4)5)27-25-33-18-22-35(23-19-33)29-38(30-43)45-3/h6-23,28-29H,1,4-5H3/b31-28-,38-29+. The molecule has 4 heteroatoms. The molecule has 0 unspecified atom stereocenters. The number of nitrogens with zero attached hydrogens (tertiary/aromatic N) is 3. The fourth-order valence-electron chi connectivity index (χ4n) is 5.34. The van der Waals surface area contributed by atoms with E-state index in [9.17, 15) is 0 Å². The molecule has 4 aromatic rings. The van der Waals surface area contributed by atoms with Gasteiger partial charge in [0.05, 0.1) is 19.2 Å². The van der Waals surface area contributed by atoms with Gasteiger partial charge in [-0.05, 0) is 70.7 Å². The Hall–Kier alpha value is -6.35. The average molecular weight is 604 g/mol. The van der Waals surface area contributed by atoms with E-state index in [1.54, 1.807) is 13.0 Å². The summed E-state index contributed by atoms with van der Waals surface area (Å²) in [6.07, 6.45) is 3.45. The summed E-state index contributed by atoms with van der Waals surface area (Å²) < 4.78 is 0. The van der Waals surface area contributed by atoms with Gasteiger partial charge in [-0.3, -0.25) is 0 Å². The van der Waals surface area contributed by atoms with Crippen molar-refractivity contribution < 1.29 is 0 Å². The van der Waals surface area contributed by atoms with Gasteiger partial charge in [0.25, 0.3) is 5.70 Å². The molecular weight excluding hydrogens is 575 g/mol. The van der Waals surface area contributed by atoms with Gasteiger partial charge in [-0.1, -0.05) is 128 Å². The maximum Gasteiger partial charge on any atom is 0.262 e. The fourth-order valence-corrected chi connectivity index (χ4v) is 8.13. The highest BCUT2D eigenvalue weighted by atomic mass is 28.3. The lowest BCUT2D eigenvalue weighted by Gasteiger charge is -2.18. The van der Waals surface area contributed by atoms with E-state index >= 15 is 0 Å². The molecule has 0 radical (unpaired) electrons. The summed E-state index contributed by atoms with van der Waals surface area (Å²) >= 11 is 0. The van der Waals surface area contributed by atoms with E-state index < -0.39 is 8.07 Å². The van der Waals surface area contributed by atoms with E-state index in [-0.39, 0.29) is 5.70 Å². The maximum atomic E-state index is 9.11. The monoisotopic (exact) mass is 603 g/mol. The molecule has 5 rings (SSSR count). The van der Waals surface area contributed by atoms with Gasteiger partial charge in [0.15, 0.2) is 5.70 Å². The van der Waals surface area contributed by atoms with Crippen LogP contribution in [0.4, 0.5) is 0 Å². The normalized spacial score (nSPS) is 13.8. The van der Waals surface area contributed by atoms with Crippen molar-refractivity contribution in [3.05, 3.63) is 187 Å². The molecule has 0 aromatic heterocycles. The molecule has 0 spiro atoms. The molecule has 0 bridgehead atoms. The third kappa shape index (κ3) is 6.89. The van der Waals surface area contributed by atoms with Crippen molar-refractivity contribution in [1.82, 2.24) is 0 Å². The highest BCUT2D eigenvalue weighted by Crippen LogP contribution is 2.48. The Balaban J connectivity index is 1.65. The highest BCUT2D eigenvalue weighted by Gasteiger charge is 2.41. The molecule has 46 heavy (non-hydrogen) atoms.